The predicted octanol–water partition coefficient (Wildman–Crippen LogP) is 2.19. The smallest absolute Gasteiger partial charge is 0.260 e. The summed E-state index contributed by atoms with van der Waals surface area (Å²) in [7, 11) is 3.30. The highest BCUT2D eigenvalue weighted by Crippen LogP contribution is 2.25. The Hall–Kier alpha value is -2.08. The number of nitrogens with zero attached hydrogens (tertiary/aromatic N) is 2. The fourth-order valence-electron chi connectivity index (χ4n) is 1.61. The van der Waals surface area contributed by atoms with E-state index in [0.717, 1.165) is 5.01 Å². The lowest BCUT2D eigenvalue weighted by Crippen LogP contribution is -2.30. The van der Waals surface area contributed by atoms with Crippen molar-refractivity contribution >= 4 is 17.2 Å². The summed E-state index contributed by atoms with van der Waals surface area (Å²) < 4.78 is 10.7. The summed E-state index contributed by atoms with van der Waals surface area (Å²) >= 11 is 1.52. The number of hydrogen-bond acceptors (Lipinski definition) is 5. The highest BCUT2D eigenvalue weighted by Gasteiger charge is 2.12. The molecular weight excluding hydrogens is 276 g/mol. The van der Waals surface area contributed by atoms with E-state index in [1.807, 2.05) is 17.5 Å². The average molecular weight is 292 g/mol. The maximum Gasteiger partial charge on any atom is 0.260 e. The van der Waals surface area contributed by atoms with Crippen LogP contribution in [0.25, 0.3) is 0 Å². The van der Waals surface area contributed by atoms with Crippen LogP contribution in [0.15, 0.2) is 35.8 Å². The van der Waals surface area contributed by atoms with Crippen LogP contribution in [0.1, 0.15) is 5.01 Å². The van der Waals surface area contributed by atoms with Crippen molar-refractivity contribution in [2.75, 3.05) is 20.8 Å². The summed E-state index contributed by atoms with van der Waals surface area (Å²) in [4.78, 5) is 17.7. The van der Waals surface area contributed by atoms with Gasteiger partial charge in [0.15, 0.2) is 18.1 Å². The number of benzene rings is 1. The second-order valence-electron chi connectivity index (χ2n) is 4.12. The van der Waals surface area contributed by atoms with Crippen molar-refractivity contribution in [3.05, 3.63) is 40.8 Å². The van der Waals surface area contributed by atoms with Crippen molar-refractivity contribution in [3.63, 3.8) is 0 Å². The number of thiazole rings is 1. The number of para-hydroxylation sites is 2. The van der Waals surface area contributed by atoms with Crippen LogP contribution in [-0.4, -0.2) is 36.6 Å². The van der Waals surface area contributed by atoms with Gasteiger partial charge < -0.3 is 14.4 Å². The van der Waals surface area contributed by atoms with E-state index in [4.69, 9.17) is 9.47 Å². The second kappa shape index (κ2) is 6.91. The van der Waals surface area contributed by atoms with Gasteiger partial charge in [-0.2, -0.15) is 0 Å². The Kier molecular flexibility index (Phi) is 4.95. The summed E-state index contributed by atoms with van der Waals surface area (Å²) in [6, 6.07) is 7.25. The molecule has 0 bridgehead atoms. The largest absolute Gasteiger partial charge is 0.493 e. The van der Waals surface area contributed by atoms with Gasteiger partial charge in [0.1, 0.15) is 5.01 Å². The molecule has 2 rings (SSSR count). The number of likely N-dealkylation sites (N-methyl/N-ethyl adjacent to an activating group) is 1. The molecule has 0 spiro atoms. The van der Waals surface area contributed by atoms with Gasteiger partial charge in [-0.1, -0.05) is 12.1 Å². The van der Waals surface area contributed by atoms with Crippen LogP contribution >= 0.6 is 11.3 Å². The second-order valence-corrected chi connectivity index (χ2v) is 5.09. The first-order chi connectivity index (χ1) is 9.70. The van der Waals surface area contributed by atoms with Crippen LogP contribution in [0.3, 0.4) is 0 Å². The summed E-state index contributed by atoms with van der Waals surface area (Å²) in [6.45, 7) is 0.466. The first kappa shape index (κ1) is 14.3. The third-order valence-electron chi connectivity index (χ3n) is 2.70. The van der Waals surface area contributed by atoms with Gasteiger partial charge in [0, 0.05) is 18.6 Å². The van der Waals surface area contributed by atoms with Crippen LogP contribution < -0.4 is 9.47 Å². The van der Waals surface area contributed by atoms with Gasteiger partial charge in [0.25, 0.3) is 5.91 Å². The minimum Gasteiger partial charge on any atom is -0.493 e. The number of ether oxygens (including phenoxy) is 2. The number of carbonyl (C=O) groups is 1. The molecule has 0 aliphatic rings. The van der Waals surface area contributed by atoms with Crippen molar-refractivity contribution in [1.82, 2.24) is 9.88 Å². The third kappa shape index (κ3) is 3.71. The van der Waals surface area contributed by atoms with Gasteiger partial charge in [0.05, 0.1) is 13.7 Å². The van der Waals surface area contributed by atoms with Crippen LogP contribution in [0, 0.1) is 0 Å². The molecule has 0 saturated carbocycles. The Morgan fingerprint density at radius 1 is 1.35 bits per heavy atom. The van der Waals surface area contributed by atoms with Crippen LogP contribution in [0.2, 0.25) is 0 Å². The van der Waals surface area contributed by atoms with Crippen molar-refractivity contribution < 1.29 is 14.3 Å². The van der Waals surface area contributed by atoms with Crippen molar-refractivity contribution in [2.45, 2.75) is 6.54 Å². The molecule has 0 atom stereocenters. The van der Waals surface area contributed by atoms with E-state index in [9.17, 15) is 4.79 Å². The van der Waals surface area contributed by atoms with Gasteiger partial charge in [0.2, 0.25) is 0 Å². The SMILES string of the molecule is COc1ccccc1OCC(=O)N(C)Cc1nccs1. The first-order valence-corrected chi connectivity index (χ1v) is 6.97. The topological polar surface area (TPSA) is 51.7 Å². The molecule has 1 aromatic carbocycles. The van der Waals surface area contributed by atoms with Gasteiger partial charge in [-0.25, -0.2) is 4.98 Å². The molecule has 0 radical (unpaired) electrons. The number of carbonyl (C=O) groups excluding carboxylic acids is 1. The molecule has 1 amide bonds. The average Bonchev–Trinajstić information content (AvgIpc) is 2.97. The minimum atomic E-state index is -0.105. The number of rotatable bonds is 6. The number of aromatic nitrogens is 1. The van der Waals surface area contributed by atoms with Crippen molar-refractivity contribution in [3.8, 4) is 11.5 Å². The molecular formula is C14H16N2O3S. The molecule has 0 aliphatic carbocycles. The normalized spacial score (nSPS) is 10.1. The summed E-state index contributed by atoms with van der Waals surface area (Å²) in [5.74, 6) is 1.07. The maximum absolute atomic E-state index is 12.0. The molecule has 0 fully saturated rings. The van der Waals surface area contributed by atoms with Gasteiger partial charge in [-0.05, 0) is 12.1 Å². The zero-order valence-corrected chi connectivity index (χ0v) is 12.2. The lowest BCUT2D eigenvalue weighted by atomic mass is 10.3. The quantitative estimate of drug-likeness (QED) is 0.819. The molecule has 0 saturated heterocycles. The predicted molar refractivity (Wildman–Crippen MR) is 77.1 cm³/mol. The van der Waals surface area contributed by atoms with E-state index in [0.29, 0.717) is 18.0 Å². The molecule has 5 nitrogen and oxygen atoms in total. The lowest BCUT2D eigenvalue weighted by Gasteiger charge is -2.16. The fourth-order valence-corrected chi connectivity index (χ4v) is 2.28. The Labute approximate surface area is 121 Å². The molecule has 2 aromatic rings. The fraction of sp³-hybridized carbons (Fsp3) is 0.286. The Bertz CT molecular complexity index is 557. The molecule has 0 aliphatic heterocycles. The molecule has 0 N–H and O–H groups in total. The van der Waals surface area contributed by atoms with Crippen LogP contribution in [-0.2, 0) is 11.3 Å². The summed E-state index contributed by atoms with van der Waals surface area (Å²) in [5, 5.41) is 2.79. The number of methoxy groups -OCH3 is 1. The summed E-state index contributed by atoms with van der Waals surface area (Å²) in [5.41, 5.74) is 0. The number of amides is 1. The molecule has 1 aromatic heterocycles. The van der Waals surface area contributed by atoms with Crippen LogP contribution in [0.4, 0.5) is 0 Å². The van der Waals surface area contributed by atoms with Gasteiger partial charge in [-0.15, -0.1) is 11.3 Å². The minimum absolute atomic E-state index is 0.0255. The molecule has 20 heavy (non-hydrogen) atoms. The highest BCUT2D eigenvalue weighted by atomic mass is 32.1. The Balaban J connectivity index is 1.88. The molecule has 0 unspecified atom stereocenters. The van der Waals surface area contributed by atoms with Gasteiger partial charge in [-0.3, -0.25) is 4.79 Å². The molecule has 106 valence electrons. The molecule has 1 heterocycles. The van der Waals surface area contributed by atoms with Crippen molar-refractivity contribution in [1.29, 1.82) is 0 Å². The zero-order chi connectivity index (χ0) is 14.4. The van der Waals surface area contributed by atoms with E-state index in [1.165, 1.54) is 11.3 Å². The Morgan fingerprint density at radius 3 is 2.75 bits per heavy atom. The van der Waals surface area contributed by atoms with E-state index in [1.54, 1.807) is 37.4 Å². The molecule has 6 heteroatoms. The monoisotopic (exact) mass is 292 g/mol. The van der Waals surface area contributed by atoms with Gasteiger partial charge >= 0.3 is 0 Å². The Morgan fingerprint density at radius 2 is 2.10 bits per heavy atom. The lowest BCUT2D eigenvalue weighted by molar-refractivity contribution is -0.132. The standard InChI is InChI=1S/C14H16N2O3S/c1-16(9-13-15-7-8-20-13)14(17)10-19-12-6-4-3-5-11(12)18-2/h3-8H,9-10H2,1-2H3. The third-order valence-corrected chi connectivity index (χ3v) is 3.47. The number of hydrogen-bond donors (Lipinski definition) is 0. The van der Waals surface area contributed by atoms with E-state index < -0.39 is 0 Å². The highest BCUT2D eigenvalue weighted by molar-refractivity contribution is 7.09. The van der Waals surface area contributed by atoms with Crippen LogP contribution in [0.5, 0.6) is 11.5 Å². The maximum atomic E-state index is 12.0. The first-order valence-electron chi connectivity index (χ1n) is 6.09. The van der Waals surface area contributed by atoms with E-state index in [-0.39, 0.29) is 12.5 Å². The summed E-state index contributed by atoms with van der Waals surface area (Å²) in [6.07, 6.45) is 1.73. The van der Waals surface area contributed by atoms with E-state index in [2.05, 4.69) is 4.98 Å². The zero-order valence-electron chi connectivity index (χ0n) is 11.4. The van der Waals surface area contributed by atoms with E-state index >= 15 is 0 Å². The van der Waals surface area contributed by atoms with Crippen molar-refractivity contribution in [2.24, 2.45) is 0 Å².